The molecule has 0 atom stereocenters. The lowest BCUT2D eigenvalue weighted by Gasteiger charge is -2.12. The van der Waals surface area contributed by atoms with E-state index in [1.54, 1.807) is 37.4 Å². The van der Waals surface area contributed by atoms with Gasteiger partial charge in [-0.05, 0) is 64.9 Å². The molecular weight excluding hydrogens is 521 g/mol. The van der Waals surface area contributed by atoms with Crippen LogP contribution in [0.2, 0.25) is 5.02 Å². The minimum absolute atomic E-state index is 0.00832. The van der Waals surface area contributed by atoms with Gasteiger partial charge in [-0.15, -0.1) is 0 Å². The topological polar surface area (TPSA) is 89.0 Å². The van der Waals surface area contributed by atoms with Crippen molar-refractivity contribution in [3.05, 3.63) is 50.6 Å². The number of hydrogen-bond acceptors (Lipinski definition) is 5. The van der Waals surface area contributed by atoms with Crippen LogP contribution >= 0.6 is 34.2 Å². The molecule has 2 aromatic carbocycles. The summed E-state index contributed by atoms with van der Waals surface area (Å²) in [7, 11) is 1.57. The van der Waals surface area contributed by atoms with E-state index in [1.165, 1.54) is 6.21 Å². The first-order valence-electron chi connectivity index (χ1n) is 9.30. The van der Waals surface area contributed by atoms with Crippen molar-refractivity contribution in [3.63, 3.8) is 0 Å². The minimum atomic E-state index is -0.364. The number of anilines is 1. The van der Waals surface area contributed by atoms with Gasteiger partial charge in [-0.1, -0.05) is 24.6 Å². The van der Waals surface area contributed by atoms with Crippen molar-refractivity contribution in [1.29, 1.82) is 0 Å². The van der Waals surface area contributed by atoms with Crippen molar-refractivity contribution in [2.75, 3.05) is 19.0 Å². The van der Waals surface area contributed by atoms with Crippen LogP contribution in [0, 0.1) is 3.57 Å². The molecule has 0 aliphatic rings. The first-order chi connectivity index (χ1) is 14.4. The highest BCUT2D eigenvalue weighted by Gasteiger charge is 2.11. The summed E-state index contributed by atoms with van der Waals surface area (Å²) < 4.78 is 12.0. The third-order valence-electron chi connectivity index (χ3n) is 3.79. The molecule has 0 bridgehead atoms. The molecule has 2 amide bonds. The lowest BCUT2D eigenvalue weighted by atomic mass is 10.2. The van der Waals surface area contributed by atoms with E-state index in [4.69, 9.17) is 21.1 Å². The van der Waals surface area contributed by atoms with Gasteiger partial charge in [0.15, 0.2) is 11.5 Å². The molecule has 0 spiro atoms. The molecule has 0 aromatic heterocycles. The number of carbonyl (C=O) groups excluding carboxylic acids is 2. The highest BCUT2D eigenvalue weighted by Crippen LogP contribution is 2.33. The van der Waals surface area contributed by atoms with Gasteiger partial charge in [0.2, 0.25) is 11.8 Å². The van der Waals surface area contributed by atoms with Crippen LogP contribution in [0.4, 0.5) is 5.69 Å². The molecular formula is C21H23ClIN3O4. The molecule has 2 aromatic rings. The van der Waals surface area contributed by atoms with Crippen LogP contribution in [-0.4, -0.2) is 31.7 Å². The Morgan fingerprint density at radius 3 is 2.67 bits per heavy atom. The average Bonchev–Trinajstić information content (AvgIpc) is 2.71. The number of halogens is 2. The van der Waals surface area contributed by atoms with Gasteiger partial charge in [-0.25, -0.2) is 5.43 Å². The summed E-state index contributed by atoms with van der Waals surface area (Å²) in [6.07, 6.45) is 2.45. The summed E-state index contributed by atoms with van der Waals surface area (Å²) in [5.41, 5.74) is 3.75. The van der Waals surface area contributed by atoms with Gasteiger partial charge in [-0.3, -0.25) is 9.59 Å². The van der Waals surface area contributed by atoms with Gasteiger partial charge >= 0.3 is 0 Å². The van der Waals surface area contributed by atoms with Crippen LogP contribution in [0.3, 0.4) is 0 Å². The molecule has 160 valence electrons. The molecule has 0 saturated carbocycles. The van der Waals surface area contributed by atoms with Gasteiger partial charge in [0, 0.05) is 23.6 Å². The van der Waals surface area contributed by atoms with Crippen LogP contribution in [0.5, 0.6) is 11.5 Å². The van der Waals surface area contributed by atoms with E-state index in [0.29, 0.717) is 28.8 Å². The van der Waals surface area contributed by atoms with Gasteiger partial charge in [-0.2, -0.15) is 5.10 Å². The van der Waals surface area contributed by atoms with E-state index in [9.17, 15) is 9.59 Å². The molecule has 2 rings (SSSR count). The van der Waals surface area contributed by atoms with E-state index >= 15 is 0 Å². The molecule has 0 unspecified atom stereocenters. The number of nitrogens with zero attached hydrogens (tertiary/aromatic N) is 1. The Balaban J connectivity index is 1.85. The Morgan fingerprint density at radius 1 is 1.20 bits per heavy atom. The maximum Gasteiger partial charge on any atom is 0.240 e. The van der Waals surface area contributed by atoms with E-state index in [2.05, 4.69) is 38.4 Å². The Hall–Kier alpha value is -2.33. The highest BCUT2D eigenvalue weighted by molar-refractivity contribution is 14.1. The molecule has 0 fully saturated rings. The Kier molecular flexibility index (Phi) is 9.88. The Bertz CT molecular complexity index is 921. The van der Waals surface area contributed by atoms with E-state index in [0.717, 1.165) is 15.6 Å². The third kappa shape index (κ3) is 7.83. The van der Waals surface area contributed by atoms with Crippen molar-refractivity contribution in [3.8, 4) is 11.5 Å². The molecule has 0 aliphatic carbocycles. The number of benzene rings is 2. The summed E-state index contributed by atoms with van der Waals surface area (Å²) in [6.45, 7) is 2.63. The molecule has 9 heteroatoms. The zero-order valence-electron chi connectivity index (χ0n) is 16.7. The zero-order chi connectivity index (χ0) is 21.9. The van der Waals surface area contributed by atoms with E-state index < -0.39 is 0 Å². The number of ether oxygens (including phenoxy) is 2. The molecule has 0 aliphatic heterocycles. The second kappa shape index (κ2) is 12.4. The fourth-order valence-corrected chi connectivity index (χ4v) is 3.38. The number of hydrazone groups is 1. The minimum Gasteiger partial charge on any atom is -0.493 e. The SMILES string of the molecule is CCCOc1c(I)cc(C=NNC(=O)CCC(=O)Nc2cccc(Cl)c2)cc1OC. The number of methoxy groups -OCH3 is 1. The first kappa shape index (κ1) is 23.9. The number of rotatable bonds is 10. The first-order valence-corrected chi connectivity index (χ1v) is 10.8. The summed E-state index contributed by atoms with van der Waals surface area (Å²) in [5, 5.41) is 7.16. The van der Waals surface area contributed by atoms with Crippen molar-refractivity contribution in [1.82, 2.24) is 5.43 Å². The van der Waals surface area contributed by atoms with Crippen molar-refractivity contribution >= 4 is 57.9 Å². The van der Waals surface area contributed by atoms with Crippen LogP contribution in [0.15, 0.2) is 41.5 Å². The lowest BCUT2D eigenvalue weighted by Crippen LogP contribution is -2.20. The van der Waals surface area contributed by atoms with Gasteiger partial charge < -0.3 is 14.8 Å². The molecule has 30 heavy (non-hydrogen) atoms. The maximum absolute atomic E-state index is 11.9. The lowest BCUT2D eigenvalue weighted by molar-refractivity contribution is -0.124. The molecule has 0 radical (unpaired) electrons. The van der Waals surface area contributed by atoms with Crippen molar-refractivity contribution in [2.45, 2.75) is 26.2 Å². The van der Waals surface area contributed by atoms with Gasteiger partial charge in [0.25, 0.3) is 0 Å². The Labute approximate surface area is 194 Å². The summed E-state index contributed by atoms with van der Waals surface area (Å²) >= 11 is 8.04. The third-order valence-corrected chi connectivity index (χ3v) is 4.83. The Morgan fingerprint density at radius 2 is 1.97 bits per heavy atom. The monoisotopic (exact) mass is 543 g/mol. The summed E-state index contributed by atoms with van der Waals surface area (Å²) in [5.74, 6) is 0.642. The number of carbonyl (C=O) groups is 2. The fraction of sp³-hybridized carbons (Fsp3) is 0.286. The van der Waals surface area contributed by atoms with Crippen LogP contribution in [-0.2, 0) is 9.59 Å². The second-order valence-electron chi connectivity index (χ2n) is 6.23. The van der Waals surface area contributed by atoms with Crippen molar-refractivity contribution in [2.24, 2.45) is 5.10 Å². The summed E-state index contributed by atoms with van der Waals surface area (Å²) in [4.78, 5) is 23.9. The highest BCUT2D eigenvalue weighted by atomic mass is 127. The van der Waals surface area contributed by atoms with Crippen LogP contribution in [0.25, 0.3) is 0 Å². The molecule has 0 saturated heterocycles. The van der Waals surface area contributed by atoms with E-state index in [-0.39, 0.29) is 24.7 Å². The fourth-order valence-electron chi connectivity index (χ4n) is 2.41. The molecule has 0 heterocycles. The smallest absolute Gasteiger partial charge is 0.240 e. The summed E-state index contributed by atoms with van der Waals surface area (Å²) in [6, 6.07) is 10.5. The predicted molar refractivity (Wildman–Crippen MR) is 127 cm³/mol. The van der Waals surface area contributed by atoms with Gasteiger partial charge in [0.1, 0.15) is 0 Å². The van der Waals surface area contributed by atoms with Crippen LogP contribution in [0.1, 0.15) is 31.7 Å². The van der Waals surface area contributed by atoms with E-state index in [1.807, 2.05) is 13.0 Å². The second-order valence-corrected chi connectivity index (χ2v) is 7.83. The number of nitrogens with one attached hydrogen (secondary N) is 2. The van der Waals surface area contributed by atoms with Gasteiger partial charge in [0.05, 0.1) is 23.5 Å². The zero-order valence-corrected chi connectivity index (χ0v) is 19.6. The maximum atomic E-state index is 11.9. The predicted octanol–water partition coefficient (Wildman–Crippen LogP) is 4.61. The van der Waals surface area contributed by atoms with Crippen LogP contribution < -0.4 is 20.2 Å². The standard InChI is InChI=1S/C21H23ClIN3O4/c1-3-9-30-21-17(23)10-14(11-18(21)29-2)13-24-26-20(28)8-7-19(27)25-16-6-4-5-15(22)12-16/h4-6,10-13H,3,7-9H2,1-2H3,(H,25,27)(H,26,28). The molecule has 2 N–H and O–H groups in total. The quantitative estimate of drug-likeness (QED) is 0.260. The largest absolute Gasteiger partial charge is 0.493 e. The average molecular weight is 544 g/mol. The normalized spacial score (nSPS) is 10.7. The number of hydrogen-bond donors (Lipinski definition) is 2. The number of amides is 2. The van der Waals surface area contributed by atoms with Crippen molar-refractivity contribution < 1.29 is 19.1 Å². The molecule has 7 nitrogen and oxygen atoms in total.